The number of hydrogen-bond acceptors (Lipinski definition) is 5. The molecule has 1 heterocycles. The number of rotatable bonds is 7. The van der Waals surface area contributed by atoms with Gasteiger partial charge in [-0.1, -0.05) is 30.3 Å². The monoisotopic (exact) mass is 515 g/mol. The Hall–Kier alpha value is -3.00. The van der Waals surface area contributed by atoms with Crippen LogP contribution in [0.2, 0.25) is 0 Å². The van der Waals surface area contributed by atoms with Gasteiger partial charge in [-0.25, -0.2) is 13.6 Å². The fourth-order valence-corrected chi connectivity index (χ4v) is 4.98. The summed E-state index contributed by atoms with van der Waals surface area (Å²) in [6.45, 7) is 6.00. The topological polar surface area (TPSA) is 65.1 Å². The molecule has 4 rings (SSSR count). The van der Waals surface area contributed by atoms with E-state index in [2.05, 4.69) is 0 Å². The number of Topliss-reactive ketones (excluding diaryl/α,β-unsaturated/α-hetero) is 1. The lowest BCUT2D eigenvalue weighted by Gasteiger charge is -2.32. The Balaban J connectivity index is 1.34. The summed E-state index contributed by atoms with van der Waals surface area (Å²) in [5, 5.41) is 0. The van der Waals surface area contributed by atoms with Crippen LogP contribution in [0.3, 0.4) is 0 Å². The molecule has 0 spiro atoms. The van der Waals surface area contributed by atoms with Crippen LogP contribution in [0.25, 0.3) is 0 Å². The molecule has 1 amide bonds. The number of amides is 1. The summed E-state index contributed by atoms with van der Waals surface area (Å²) in [6.07, 6.45) is 2.37. The van der Waals surface area contributed by atoms with Gasteiger partial charge in [0.05, 0.1) is 12.7 Å². The zero-order valence-electron chi connectivity index (χ0n) is 21.7. The second-order valence-corrected chi connectivity index (χ2v) is 10.8. The minimum atomic E-state index is -0.703. The van der Waals surface area contributed by atoms with Crippen LogP contribution in [-0.4, -0.2) is 47.7 Å². The van der Waals surface area contributed by atoms with E-state index in [-0.39, 0.29) is 43.2 Å². The first-order chi connectivity index (χ1) is 17.6. The number of nitrogens with zero attached hydrogens (tertiary/aromatic N) is 1. The lowest BCUT2D eigenvalue weighted by molar-refractivity contribution is -0.122. The van der Waals surface area contributed by atoms with E-state index in [1.807, 2.05) is 30.3 Å². The third-order valence-electron chi connectivity index (χ3n) is 6.84. The number of carbonyl (C=O) groups is 2. The van der Waals surface area contributed by atoms with E-state index in [0.717, 1.165) is 11.6 Å². The molecular formula is C29H35F2NO5. The summed E-state index contributed by atoms with van der Waals surface area (Å²) in [7, 11) is 0. The molecular weight excluding hydrogens is 480 g/mol. The van der Waals surface area contributed by atoms with Gasteiger partial charge in [0.2, 0.25) is 0 Å². The lowest BCUT2D eigenvalue weighted by atomic mass is 9.82. The molecule has 37 heavy (non-hydrogen) atoms. The van der Waals surface area contributed by atoms with Crippen LogP contribution in [0, 0.1) is 11.6 Å². The van der Waals surface area contributed by atoms with Gasteiger partial charge < -0.3 is 14.2 Å². The molecule has 1 atom stereocenters. The van der Waals surface area contributed by atoms with Crippen LogP contribution in [0.5, 0.6) is 5.75 Å². The summed E-state index contributed by atoms with van der Waals surface area (Å²) in [5.74, 6) is -1.33. The average molecular weight is 516 g/mol. The molecule has 2 aromatic carbocycles. The fraction of sp³-hybridized carbons (Fsp3) is 0.517. The maximum atomic E-state index is 14.7. The normalized spacial score (nSPS) is 22.2. The molecule has 2 aliphatic rings. The Morgan fingerprint density at radius 1 is 1.05 bits per heavy atom. The molecule has 2 aromatic rings. The van der Waals surface area contributed by atoms with Crippen LogP contribution in [-0.2, 0) is 20.9 Å². The van der Waals surface area contributed by atoms with Crippen LogP contribution >= 0.6 is 0 Å². The first-order valence-corrected chi connectivity index (χ1v) is 12.9. The number of likely N-dealkylation sites (tertiary alicyclic amines) is 1. The first kappa shape index (κ1) is 27.0. The van der Waals surface area contributed by atoms with Crippen LogP contribution < -0.4 is 4.74 Å². The predicted molar refractivity (Wildman–Crippen MR) is 134 cm³/mol. The van der Waals surface area contributed by atoms with E-state index in [9.17, 15) is 18.4 Å². The highest BCUT2D eigenvalue weighted by Gasteiger charge is 2.39. The molecule has 200 valence electrons. The van der Waals surface area contributed by atoms with E-state index >= 15 is 0 Å². The van der Waals surface area contributed by atoms with Gasteiger partial charge in [-0.15, -0.1) is 0 Å². The highest BCUT2D eigenvalue weighted by Crippen LogP contribution is 2.40. The van der Waals surface area contributed by atoms with Crippen molar-refractivity contribution in [2.45, 2.75) is 83.1 Å². The van der Waals surface area contributed by atoms with Crippen molar-refractivity contribution in [2.75, 3.05) is 13.2 Å². The maximum Gasteiger partial charge on any atom is 0.410 e. The van der Waals surface area contributed by atoms with Crippen molar-refractivity contribution in [3.05, 3.63) is 65.2 Å². The molecule has 1 saturated carbocycles. The van der Waals surface area contributed by atoms with Gasteiger partial charge in [-0.3, -0.25) is 9.69 Å². The van der Waals surface area contributed by atoms with Crippen molar-refractivity contribution in [2.24, 2.45) is 0 Å². The minimum Gasteiger partial charge on any atom is -0.486 e. The number of hydrogen-bond donors (Lipinski definition) is 0. The lowest BCUT2D eigenvalue weighted by Crippen LogP contribution is -2.44. The zero-order valence-corrected chi connectivity index (χ0v) is 21.7. The number of halogens is 2. The minimum absolute atomic E-state index is 0.0324. The predicted octanol–water partition coefficient (Wildman–Crippen LogP) is 6.17. The third-order valence-corrected chi connectivity index (χ3v) is 6.84. The molecule has 0 bridgehead atoms. The van der Waals surface area contributed by atoms with E-state index in [0.29, 0.717) is 37.8 Å². The van der Waals surface area contributed by atoms with Crippen molar-refractivity contribution in [3.63, 3.8) is 0 Å². The molecule has 0 radical (unpaired) electrons. The van der Waals surface area contributed by atoms with Gasteiger partial charge in [-0.2, -0.15) is 0 Å². The fourth-order valence-electron chi connectivity index (χ4n) is 4.98. The van der Waals surface area contributed by atoms with Gasteiger partial charge in [-0.05, 0) is 64.0 Å². The van der Waals surface area contributed by atoms with Crippen molar-refractivity contribution in [1.29, 1.82) is 0 Å². The Labute approximate surface area is 216 Å². The number of carbonyl (C=O) groups excluding carboxylic acids is 2. The molecule has 0 aromatic heterocycles. The molecule has 1 aliphatic heterocycles. The largest absolute Gasteiger partial charge is 0.486 e. The van der Waals surface area contributed by atoms with Crippen LogP contribution in [0.1, 0.15) is 69.9 Å². The number of benzene rings is 2. The second-order valence-electron chi connectivity index (χ2n) is 10.8. The molecule has 8 heteroatoms. The van der Waals surface area contributed by atoms with Gasteiger partial charge in [0.1, 0.15) is 24.1 Å². The molecule has 2 fully saturated rings. The van der Waals surface area contributed by atoms with Gasteiger partial charge >= 0.3 is 6.09 Å². The Morgan fingerprint density at radius 3 is 2.43 bits per heavy atom. The zero-order chi connectivity index (χ0) is 26.6. The summed E-state index contributed by atoms with van der Waals surface area (Å²) in [4.78, 5) is 26.4. The highest BCUT2D eigenvalue weighted by molar-refractivity contribution is 5.90. The third kappa shape index (κ3) is 7.06. The average Bonchev–Trinajstić information content (AvgIpc) is 3.22. The van der Waals surface area contributed by atoms with Crippen LogP contribution in [0.4, 0.5) is 13.6 Å². The summed E-state index contributed by atoms with van der Waals surface area (Å²) in [5.41, 5.74) is 0.789. The number of ketones is 1. The van der Waals surface area contributed by atoms with Crippen molar-refractivity contribution in [3.8, 4) is 5.75 Å². The van der Waals surface area contributed by atoms with Gasteiger partial charge in [0.25, 0.3) is 0 Å². The molecule has 1 unspecified atom stereocenters. The molecule has 1 saturated heterocycles. The Bertz CT molecular complexity index is 1090. The van der Waals surface area contributed by atoms with Crippen molar-refractivity contribution in [1.82, 2.24) is 4.90 Å². The quantitative estimate of drug-likeness (QED) is 0.442. The van der Waals surface area contributed by atoms with Crippen molar-refractivity contribution >= 4 is 11.9 Å². The van der Waals surface area contributed by atoms with Gasteiger partial charge in [0, 0.05) is 24.6 Å². The Morgan fingerprint density at radius 2 is 1.76 bits per heavy atom. The maximum absolute atomic E-state index is 14.7. The van der Waals surface area contributed by atoms with E-state index in [1.54, 1.807) is 20.8 Å². The van der Waals surface area contributed by atoms with Crippen molar-refractivity contribution < 1.29 is 32.6 Å². The second kappa shape index (κ2) is 11.6. The molecule has 6 nitrogen and oxygen atoms in total. The summed E-state index contributed by atoms with van der Waals surface area (Å²) < 4.78 is 46.2. The Kier molecular flexibility index (Phi) is 8.47. The summed E-state index contributed by atoms with van der Waals surface area (Å²) >= 11 is 0. The standard InChI is InChI=1S/C29H35F2NO5/c1-29(2,3)37-28(34)32-14-13-26(33)25(32)18-35-22-11-9-20(10-12-22)23-15-21(30)16-24(31)27(23)36-17-19-7-5-4-6-8-19/h4-8,15-16,20,22,25H,9-14,17-18H2,1-3H3. The highest BCUT2D eigenvalue weighted by atomic mass is 19.1. The SMILES string of the molecule is CC(C)(C)OC(=O)N1CCC(=O)C1COC1CCC(c2cc(F)cc(F)c2OCc2ccccc2)CC1. The summed E-state index contributed by atoms with van der Waals surface area (Å²) in [6, 6.07) is 11.0. The molecule has 1 aliphatic carbocycles. The molecule has 0 N–H and O–H groups in total. The van der Waals surface area contributed by atoms with Gasteiger partial charge in [0.15, 0.2) is 17.3 Å². The smallest absolute Gasteiger partial charge is 0.410 e. The first-order valence-electron chi connectivity index (χ1n) is 12.9. The van der Waals surface area contributed by atoms with E-state index in [1.165, 1.54) is 11.0 Å². The van der Waals surface area contributed by atoms with E-state index in [4.69, 9.17) is 14.2 Å². The van der Waals surface area contributed by atoms with E-state index < -0.39 is 29.4 Å². The number of ether oxygens (including phenoxy) is 3. The van der Waals surface area contributed by atoms with Crippen LogP contribution in [0.15, 0.2) is 42.5 Å².